The third kappa shape index (κ3) is 4.45. The number of ether oxygens (including phenoxy) is 1. The van der Waals surface area contributed by atoms with Gasteiger partial charge in [0.1, 0.15) is 30.6 Å². The fourth-order valence-corrected chi connectivity index (χ4v) is 1.82. The first-order chi connectivity index (χ1) is 10.1. The maximum atomic E-state index is 13.6. The van der Waals surface area contributed by atoms with Crippen LogP contribution in [-0.2, 0) is 6.61 Å². The first-order valence-electron chi connectivity index (χ1n) is 6.05. The molecule has 0 unspecified atom stereocenters. The third-order valence-corrected chi connectivity index (χ3v) is 2.83. The number of aliphatic hydroxyl groups is 1. The molecule has 0 aliphatic heterocycles. The molecule has 1 N–H and O–H groups in total. The zero-order valence-electron chi connectivity index (χ0n) is 10.9. The second-order valence-electron chi connectivity index (χ2n) is 4.16. The minimum absolute atomic E-state index is 0.0562. The molecule has 0 saturated heterocycles. The van der Waals surface area contributed by atoms with Crippen molar-refractivity contribution in [3.63, 3.8) is 0 Å². The standard InChI is InChI=1S/C16H11ClF2O2/c17-13-4-3-12(16(19)8-13)10-21-15-7-11(2-1-5-20)6-14(18)9-15/h3-4,6-9,20H,5,10H2. The van der Waals surface area contributed by atoms with Crippen LogP contribution in [0, 0.1) is 23.5 Å². The lowest BCUT2D eigenvalue weighted by Gasteiger charge is -2.08. The zero-order valence-corrected chi connectivity index (χ0v) is 11.6. The number of rotatable bonds is 3. The molecule has 0 amide bonds. The van der Waals surface area contributed by atoms with Crippen molar-refractivity contribution < 1.29 is 18.6 Å². The molecule has 0 fully saturated rings. The molecule has 2 rings (SSSR count). The van der Waals surface area contributed by atoms with Gasteiger partial charge in [0, 0.05) is 22.2 Å². The van der Waals surface area contributed by atoms with Gasteiger partial charge in [0.2, 0.25) is 0 Å². The number of aliphatic hydroxyl groups excluding tert-OH is 1. The lowest BCUT2D eigenvalue weighted by Crippen LogP contribution is -1.99. The normalized spacial score (nSPS) is 9.90. The summed E-state index contributed by atoms with van der Waals surface area (Å²) >= 11 is 5.66. The Balaban J connectivity index is 2.14. The van der Waals surface area contributed by atoms with Crippen molar-refractivity contribution in [2.24, 2.45) is 0 Å². The highest BCUT2D eigenvalue weighted by Crippen LogP contribution is 2.20. The summed E-state index contributed by atoms with van der Waals surface area (Å²) in [5.74, 6) is 4.22. The maximum Gasteiger partial charge on any atom is 0.131 e. The van der Waals surface area contributed by atoms with Crippen LogP contribution in [0.4, 0.5) is 8.78 Å². The molecule has 2 aromatic rings. The van der Waals surface area contributed by atoms with Crippen LogP contribution in [-0.4, -0.2) is 11.7 Å². The first kappa shape index (κ1) is 15.3. The van der Waals surface area contributed by atoms with Crippen LogP contribution >= 0.6 is 11.6 Å². The molecular weight excluding hydrogens is 298 g/mol. The van der Waals surface area contributed by atoms with E-state index in [0.29, 0.717) is 16.1 Å². The van der Waals surface area contributed by atoms with E-state index in [4.69, 9.17) is 21.4 Å². The Morgan fingerprint density at radius 3 is 2.67 bits per heavy atom. The summed E-state index contributed by atoms with van der Waals surface area (Å²) in [5, 5.41) is 8.92. The number of halogens is 3. The van der Waals surface area contributed by atoms with Crippen LogP contribution in [0.15, 0.2) is 36.4 Å². The van der Waals surface area contributed by atoms with E-state index in [1.165, 1.54) is 30.3 Å². The molecule has 108 valence electrons. The van der Waals surface area contributed by atoms with Crippen LogP contribution in [0.2, 0.25) is 5.02 Å². The van der Waals surface area contributed by atoms with Crippen LogP contribution in [0.5, 0.6) is 5.75 Å². The van der Waals surface area contributed by atoms with E-state index in [2.05, 4.69) is 11.8 Å². The van der Waals surface area contributed by atoms with Gasteiger partial charge in [0.25, 0.3) is 0 Å². The quantitative estimate of drug-likeness (QED) is 0.879. The van der Waals surface area contributed by atoms with Gasteiger partial charge in [-0.05, 0) is 24.3 Å². The molecule has 0 aliphatic rings. The van der Waals surface area contributed by atoms with Crippen molar-refractivity contribution >= 4 is 11.6 Å². The molecular formula is C16H11ClF2O2. The second kappa shape index (κ2) is 7.07. The molecule has 0 heterocycles. The van der Waals surface area contributed by atoms with Crippen molar-refractivity contribution in [1.82, 2.24) is 0 Å². The first-order valence-corrected chi connectivity index (χ1v) is 6.43. The minimum atomic E-state index is -0.522. The predicted molar refractivity (Wildman–Crippen MR) is 76.1 cm³/mol. The fourth-order valence-electron chi connectivity index (χ4n) is 1.66. The number of hydrogen-bond donors (Lipinski definition) is 1. The number of benzene rings is 2. The topological polar surface area (TPSA) is 29.5 Å². The van der Waals surface area contributed by atoms with Crippen LogP contribution < -0.4 is 4.74 Å². The van der Waals surface area contributed by atoms with E-state index in [1.54, 1.807) is 6.07 Å². The summed E-state index contributed by atoms with van der Waals surface area (Å²) in [6.45, 7) is -0.373. The van der Waals surface area contributed by atoms with Crippen LogP contribution in [0.3, 0.4) is 0 Å². The molecule has 0 radical (unpaired) electrons. The van der Waals surface area contributed by atoms with E-state index in [-0.39, 0.29) is 19.0 Å². The van der Waals surface area contributed by atoms with Crippen LogP contribution in [0.25, 0.3) is 0 Å². The SMILES string of the molecule is OCC#Cc1cc(F)cc(OCc2ccc(Cl)cc2F)c1. The average Bonchev–Trinajstić information content (AvgIpc) is 2.43. The summed E-state index contributed by atoms with van der Waals surface area (Å²) in [6.07, 6.45) is 0. The van der Waals surface area contributed by atoms with Gasteiger partial charge >= 0.3 is 0 Å². The second-order valence-corrected chi connectivity index (χ2v) is 4.60. The summed E-state index contributed by atoms with van der Waals surface area (Å²) in [7, 11) is 0. The highest BCUT2D eigenvalue weighted by Gasteiger charge is 2.05. The van der Waals surface area contributed by atoms with Gasteiger partial charge < -0.3 is 9.84 Å². The third-order valence-electron chi connectivity index (χ3n) is 2.59. The molecule has 2 aromatic carbocycles. The molecule has 21 heavy (non-hydrogen) atoms. The van der Waals surface area contributed by atoms with Gasteiger partial charge in [-0.15, -0.1) is 0 Å². The molecule has 0 atom stereocenters. The fraction of sp³-hybridized carbons (Fsp3) is 0.125. The summed E-state index contributed by atoms with van der Waals surface area (Å²) < 4.78 is 32.4. The monoisotopic (exact) mass is 308 g/mol. The van der Waals surface area contributed by atoms with E-state index in [9.17, 15) is 8.78 Å². The van der Waals surface area contributed by atoms with Gasteiger partial charge in [0.05, 0.1) is 0 Å². The van der Waals surface area contributed by atoms with Gasteiger partial charge in [-0.25, -0.2) is 8.78 Å². The van der Waals surface area contributed by atoms with Crippen molar-refractivity contribution in [2.45, 2.75) is 6.61 Å². The average molecular weight is 309 g/mol. The molecule has 0 saturated carbocycles. The number of hydrogen-bond acceptors (Lipinski definition) is 2. The molecule has 0 spiro atoms. The van der Waals surface area contributed by atoms with Gasteiger partial charge in [0.15, 0.2) is 0 Å². The van der Waals surface area contributed by atoms with Crippen molar-refractivity contribution in [3.8, 4) is 17.6 Å². The summed E-state index contributed by atoms with van der Waals surface area (Å²) in [5.41, 5.74) is 0.683. The minimum Gasteiger partial charge on any atom is -0.489 e. The Kier molecular flexibility index (Phi) is 5.15. The Morgan fingerprint density at radius 2 is 1.95 bits per heavy atom. The Labute approximate surface area is 125 Å². The Morgan fingerprint density at radius 1 is 1.14 bits per heavy atom. The Hall–Kier alpha value is -2.09. The molecule has 0 aromatic heterocycles. The zero-order chi connectivity index (χ0) is 15.2. The van der Waals surface area contributed by atoms with Crippen molar-refractivity contribution in [3.05, 3.63) is 64.2 Å². The highest BCUT2D eigenvalue weighted by molar-refractivity contribution is 6.30. The molecule has 5 heteroatoms. The van der Waals surface area contributed by atoms with E-state index < -0.39 is 11.6 Å². The lowest BCUT2D eigenvalue weighted by atomic mass is 10.2. The predicted octanol–water partition coefficient (Wildman–Crippen LogP) is 3.54. The van der Waals surface area contributed by atoms with Gasteiger partial charge in [-0.1, -0.05) is 29.5 Å². The largest absolute Gasteiger partial charge is 0.489 e. The lowest BCUT2D eigenvalue weighted by molar-refractivity contribution is 0.298. The smallest absolute Gasteiger partial charge is 0.131 e. The Bertz CT molecular complexity index is 705. The maximum absolute atomic E-state index is 13.6. The van der Waals surface area contributed by atoms with E-state index in [0.717, 1.165) is 0 Å². The van der Waals surface area contributed by atoms with E-state index in [1.807, 2.05) is 0 Å². The summed E-state index contributed by atoms with van der Waals surface area (Å²) in [6, 6.07) is 8.15. The molecule has 0 aliphatic carbocycles. The molecule has 0 bridgehead atoms. The van der Waals surface area contributed by atoms with E-state index >= 15 is 0 Å². The van der Waals surface area contributed by atoms with Crippen molar-refractivity contribution in [2.75, 3.05) is 6.61 Å². The van der Waals surface area contributed by atoms with Gasteiger partial charge in [-0.3, -0.25) is 0 Å². The highest BCUT2D eigenvalue weighted by atomic mass is 35.5. The van der Waals surface area contributed by atoms with Crippen molar-refractivity contribution in [1.29, 1.82) is 0 Å². The summed E-state index contributed by atoms with van der Waals surface area (Å²) in [4.78, 5) is 0. The molecule has 2 nitrogen and oxygen atoms in total. The van der Waals surface area contributed by atoms with Crippen LogP contribution in [0.1, 0.15) is 11.1 Å². The van der Waals surface area contributed by atoms with Gasteiger partial charge in [-0.2, -0.15) is 0 Å².